The molecule has 0 bridgehead atoms. The zero-order chi connectivity index (χ0) is 20.7. The van der Waals surface area contributed by atoms with Crippen molar-refractivity contribution in [2.24, 2.45) is 0 Å². The third kappa shape index (κ3) is 6.87. The molecule has 2 rings (SSSR count). The maximum atomic E-state index is 13.5. The average Bonchev–Trinajstić information content (AvgIpc) is 2.60. The van der Waals surface area contributed by atoms with Crippen molar-refractivity contribution < 1.29 is 14.0 Å². The fourth-order valence-electron chi connectivity index (χ4n) is 3.36. The molecule has 6 nitrogen and oxygen atoms in total. The number of hydrogen-bond donors (Lipinski definition) is 1. The van der Waals surface area contributed by atoms with Crippen LogP contribution in [0.1, 0.15) is 33.3 Å². The number of benzene rings is 1. The summed E-state index contributed by atoms with van der Waals surface area (Å²) >= 11 is 0. The molecule has 0 unspecified atom stereocenters. The van der Waals surface area contributed by atoms with E-state index < -0.39 is 0 Å². The SMILES string of the molecule is CCNC(=O)CN1CCN(CC(=O)N(Cc2cccc(F)c2)C(C)(C)C)CC1. The molecule has 7 heteroatoms. The monoisotopic (exact) mass is 392 g/mol. The fraction of sp³-hybridized carbons (Fsp3) is 0.619. The minimum Gasteiger partial charge on any atom is -0.355 e. The number of carbonyl (C=O) groups is 2. The molecule has 1 saturated heterocycles. The van der Waals surface area contributed by atoms with Crippen LogP contribution in [0.2, 0.25) is 0 Å². The molecule has 2 amide bonds. The van der Waals surface area contributed by atoms with Crippen LogP contribution in [0.4, 0.5) is 4.39 Å². The molecule has 28 heavy (non-hydrogen) atoms. The molecule has 1 N–H and O–H groups in total. The van der Waals surface area contributed by atoms with Crippen LogP contribution >= 0.6 is 0 Å². The van der Waals surface area contributed by atoms with Crippen molar-refractivity contribution in [1.82, 2.24) is 20.0 Å². The summed E-state index contributed by atoms with van der Waals surface area (Å²) in [4.78, 5) is 30.8. The van der Waals surface area contributed by atoms with Crippen LogP contribution in [0.5, 0.6) is 0 Å². The van der Waals surface area contributed by atoms with Crippen molar-refractivity contribution in [2.45, 2.75) is 39.8 Å². The van der Waals surface area contributed by atoms with E-state index in [-0.39, 0.29) is 23.2 Å². The van der Waals surface area contributed by atoms with E-state index in [0.717, 1.165) is 31.7 Å². The van der Waals surface area contributed by atoms with Crippen LogP contribution < -0.4 is 5.32 Å². The molecule has 0 spiro atoms. The number of piperazine rings is 1. The Kier molecular flexibility index (Phi) is 7.95. The molecule has 1 aromatic carbocycles. The number of rotatable bonds is 7. The summed E-state index contributed by atoms with van der Waals surface area (Å²) in [6.45, 7) is 12.7. The number of likely N-dealkylation sites (N-methyl/N-ethyl adjacent to an activating group) is 1. The lowest BCUT2D eigenvalue weighted by Gasteiger charge is -2.39. The van der Waals surface area contributed by atoms with Gasteiger partial charge in [-0.2, -0.15) is 0 Å². The molecule has 0 atom stereocenters. The van der Waals surface area contributed by atoms with Gasteiger partial charge in [-0.15, -0.1) is 0 Å². The van der Waals surface area contributed by atoms with Gasteiger partial charge in [0, 0.05) is 44.8 Å². The van der Waals surface area contributed by atoms with Gasteiger partial charge in [-0.3, -0.25) is 19.4 Å². The second-order valence-electron chi connectivity index (χ2n) is 8.29. The Labute approximate surface area is 167 Å². The number of amides is 2. The van der Waals surface area contributed by atoms with Crippen molar-refractivity contribution in [2.75, 3.05) is 45.8 Å². The number of halogens is 1. The Balaban J connectivity index is 1.91. The van der Waals surface area contributed by atoms with E-state index in [2.05, 4.69) is 15.1 Å². The molecule has 0 aliphatic carbocycles. The lowest BCUT2D eigenvalue weighted by Crippen LogP contribution is -2.54. The molecule has 1 fully saturated rings. The summed E-state index contributed by atoms with van der Waals surface area (Å²) in [7, 11) is 0. The summed E-state index contributed by atoms with van der Waals surface area (Å²) in [5.74, 6) is -0.211. The van der Waals surface area contributed by atoms with E-state index in [1.165, 1.54) is 12.1 Å². The summed E-state index contributed by atoms with van der Waals surface area (Å²) in [5, 5.41) is 2.81. The normalized spacial score (nSPS) is 16.0. The third-order valence-corrected chi connectivity index (χ3v) is 4.91. The van der Waals surface area contributed by atoms with E-state index in [1.54, 1.807) is 6.07 Å². The topological polar surface area (TPSA) is 55.9 Å². The molecule has 1 aliphatic heterocycles. The second-order valence-corrected chi connectivity index (χ2v) is 8.29. The lowest BCUT2D eigenvalue weighted by molar-refractivity contribution is -0.138. The van der Waals surface area contributed by atoms with Gasteiger partial charge in [-0.25, -0.2) is 4.39 Å². The van der Waals surface area contributed by atoms with E-state index in [9.17, 15) is 14.0 Å². The van der Waals surface area contributed by atoms with Gasteiger partial charge in [0.05, 0.1) is 13.1 Å². The fourth-order valence-corrected chi connectivity index (χ4v) is 3.36. The number of nitrogens with zero attached hydrogens (tertiary/aromatic N) is 3. The Morgan fingerprint density at radius 2 is 1.71 bits per heavy atom. The van der Waals surface area contributed by atoms with Crippen LogP contribution in [0.15, 0.2) is 24.3 Å². The minimum atomic E-state index is -0.358. The highest BCUT2D eigenvalue weighted by Crippen LogP contribution is 2.19. The highest BCUT2D eigenvalue weighted by atomic mass is 19.1. The molecule has 0 radical (unpaired) electrons. The van der Waals surface area contributed by atoms with Crippen LogP contribution in [-0.4, -0.2) is 77.9 Å². The minimum absolute atomic E-state index is 0.0361. The highest BCUT2D eigenvalue weighted by Gasteiger charge is 2.29. The first-order valence-electron chi connectivity index (χ1n) is 9.95. The maximum absolute atomic E-state index is 13.5. The van der Waals surface area contributed by atoms with E-state index in [0.29, 0.717) is 26.2 Å². The van der Waals surface area contributed by atoms with Crippen molar-refractivity contribution in [3.63, 3.8) is 0 Å². The molecular weight excluding hydrogens is 359 g/mol. The Morgan fingerprint density at radius 3 is 2.25 bits per heavy atom. The van der Waals surface area contributed by atoms with Crippen molar-refractivity contribution in [1.29, 1.82) is 0 Å². The van der Waals surface area contributed by atoms with Crippen LogP contribution in [-0.2, 0) is 16.1 Å². The highest BCUT2D eigenvalue weighted by molar-refractivity contribution is 5.79. The van der Waals surface area contributed by atoms with Gasteiger partial charge in [0.1, 0.15) is 5.82 Å². The number of hydrogen-bond acceptors (Lipinski definition) is 4. The molecule has 0 aromatic heterocycles. The van der Waals surface area contributed by atoms with Crippen molar-refractivity contribution in [3.05, 3.63) is 35.6 Å². The summed E-state index contributed by atoms with van der Waals surface area (Å²) in [5.41, 5.74) is 0.429. The Morgan fingerprint density at radius 1 is 1.11 bits per heavy atom. The molecule has 1 heterocycles. The predicted octanol–water partition coefficient (Wildman–Crippen LogP) is 1.71. The van der Waals surface area contributed by atoms with Gasteiger partial charge in [0.2, 0.25) is 11.8 Å². The first-order valence-corrected chi connectivity index (χ1v) is 9.95. The van der Waals surface area contributed by atoms with E-state index in [4.69, 9.17) is 0 Å². The summed E-state index contributed by atoms with van der Waals surface area (Å²) in [6.07, 6.45) is 0. The van der Waals surface area contributed by atoms with Crippen molar-refractivity contribution >= 4 is 11.8 Å². The second kappa shape index (κ2) is 9.98. The van der Waals surface area contributed by atoms with Gasteiger partial charge < -0.3 is 10.2 Å². The number of carbonyl (C=O) groups excluding carboxylic acids is 2. The zero-order valence-corrected chi connectivity index (χ0v) is 17.5. The van der Waals surface area contributed by atoms with Crippen molar-refractivity contribution in [3.8, 4) is 0 Å². The molecule has 156 valence electrons. The molecule has 0 saturated carbocycles. The van der Waals surface area contributed by atoms with Gasteiger partial charge in [-0.1, -0.05) is 12.1 Å². The van der Waals surface area contributed by atoms with Gasteiger partial charge in [0.25, 0.3) is 0 Å². The molecule has 1 aromatic rings. The Hall–Kier alpha value is -1.99. The average molecular weight is 393 g/mol. The van der Waals surface area contributed by atoms with Gasteiger partial charge in [0.15, 0.2) is 0 Å². The van der Waals surface area contributed by atoms with E-state index in [1.807, 2.05) is 38.7 Å². The number of nitrogens with one attached hydrogen (secondary N) is 1. The summed E-state index contributed by atoms with van der Waals surface area (Å²) in [6, 6.07) is 6.40. The quantitative estimate of drug-likeness (QED) is 0.768. The third-order valence-electron chi connectivity index (χ3n) is 4.91. The van der Waals surface area contributed by atoms with Crippen LogP contribution in [0, 0.1) is 5.82 Å². The largest absolute Gasteiger partial charge is 0.355 e. The van der Waals surface area contributed by atoms with Crippen LogP contribution in [0.25, 0.3) is 0 Å². The molecule has 1 aliphatic rings. The smallest absolute Gasteiger partial charge is 0.237 e. The van der Waals surface area contributed by atoms with Gasteiger partial charge >= 0.3 is 0 Å². The lowest BCUT2D eigenvalue weighted by atomic mass is 10.0. The van der Waals surface area contributed by atoms with Crippen LogP contribution in [0.3, 0.4) is 0 Å². The summed E-state index contributed by atoms with van der Waals surface area (Å²) < 4.78 is 13.5. The van der Waals surface area contributed by atoms with Gasteiger partial charge in [-0.05, 0) is 45.4 Å². The first kappa shape index (κ1) is 22.3. The zero-order valence-electron chi connectivity index (χ0n) is 17.5. The first-order chi connectivity index (χ1) is 13.2. The molecular formula is C21H33FN4O2. The van der Waals surface area contributed by atoms with E-state index >= 15 is 0 Å². The maximum Gasteiger partial charge on any atom is 0.237 e. The Bertz CT molecular complexity index is 667. The standard InChI is InChI=1S/C21H33FN4O2/c1-5-23-19(27)15-24-9-11-25(12-10-24)16-20(28)26(21(2,3)4)14-17-7-6-8-18(22)13-17/h6-8,13H,5,9-12,14-16H2,1-4H3,(H,23,27). The predicted molar refractivity (Wildman–Crippen MR) is 108 cm³/mol.